The van der Waals surface area contributed by atoms with Gasteiger partial charge in [0.2, 0.25) is 0 Å². The SMILES string of the molecule is CCNC(C)c1nnnn1-c1cc(C(F)(F)F)ccc1Br. The fourth-order valence-electron chi connectivity index (χ4n) is 1.88. The molecule has 0 aliphatic rings. The third-order valence-corrected chi connectivity index (χ3v) is 3.56. The van der Waals surface area contributed by atoms with Crippen molar-refractivity contribution in [3.63, 3.8) is 0 Å². The zero-order valence-corrected chi connectivity index (χ0v) is 12.9. The quantitative estimate of drug-likeness (QED) is 0.906. The van der Waals surface area contributed by atoms with Gasteiger partial charge in [-0.2, -0.15) is 17.9 Å². The topological polar surface area (TPSA) is 55.6 Å². The number of halogens is 4. The van der Waals surface area contributed by atoms with E-state index in [0.29, 0.717) is 16.8 Å². The summed E-state index contributed by atoms with van der Waals surface area (Å²) in [6, 6.07) is 3.17. The van der Waals surface area contributed by atoms with Gasteiger partial charge in [-0.3, -0.25) is 0 Å². The van der Waals surface area contributed by atoms with E-state index in [9.17, 15) is 13.2 Å². The Hall–Kier alpha value is -1.48. The zero-order chi connectivity index (χ0) is 15.6. The van der Waals surface area contributed by atoms with Crippen molar-refractivity contribution < 1.29 is 13.2 Å². The maximum absolute atomic E-state index is 12.8. The molecule has 1 heterocycles. The van der Waals surface area contributed by atoms with Crippen molar-refractivity contribution in [2.24, 2.45) is 0 Å². The molecule has 0 saturated carbocycles. The molecule has 1 aromatic heterocycles. The number of hydrogen-bond acceptors (Lipinski definition) is 4. The van der Waals surface area contributed by atoms with E-state index in [4.69, 9.17) is 0 Å². The summed E-state index contributed by atoms with van der Waals surface area (Å²) in [5.41, 5.74) is -0.507. The second-order valence-corrected chi connectivity index (χ2v) is 5.25. The van der Waals surface area contributed by atoms with Crippen LogP contribution in [0, 0.1) is 0 Å². The molecule has 9 heteroatoms. The van der Waals surface area contributed by atoms with Gasteiger partial charge in [0, 0.05) is 4.47 Å². The Morgan fingerprint density at radius 1 is 1.38 bits per heavy atom. The monoisotopic (exact) mass is 363 g/mol. The largest absolute Gasteiger partial charge is 0.416 e. The van der Waals surface area contributed by atoms with Crippen LogP contribution in [-0.4, -0.2) is 26.8 Å². The van der Waals surface area contributed by atoms with Gasteiger partial charge < -0.3 is 5.32 Å². The van der Waals surface area contributed by atoms with Gasteiger partial charge in [-0.05, 0) is 58.0 Å². The van der Waals surface area contributed by atoms with E-state index in [2.05, 4.69) is 36.8 Å². The third-order valence-electron chi connectivity index (χ3n) is 2.89. The van der Waals surface area contributed by atoms with Crippen LogP contribution in [0.1, 0.15) is 31.3 Å². The molecule has 0 aliphatic carbocycles. The molecule has 2 rings (SSSR count). The van der Waals surface area contributed by atoms with Gasteiger partial charge in [0.15, 0.2) is 5.82 Å². The first kappa shape index (κ1) is 15.9. The van der Waals surface area contributed by atoms with E-state index in [1.54, 1.807) is 0 Å². The molecular weight excluding hydrogens is 351 g/mol. The number of tetrazole rings is 1. The minimum Gasteiger partial charge on any atom is -0.308 e. The minimum absolute atomic E-state index is 0.188. The van der Waals surface area contributed by atoms with Crippen molar-refractivity contribution >= 4 is 15.9 Å². The zero-order valence-electron chi connectivity index (χ0n) is 11.3. The average molecular weight is 364 g/mol. The van der Waals surface area contributed by atoms with Crippen molar-refractivity contribution in [1.29, 1.82) is 0 Å². The van der Waals surface area contributed by atoms with Crippen LogP contribution in [0.15, 0.2) is 22.7 Å². The first-order valence-corrected chi connectivity index (χ1v) is 7.02. The number of nitrogens with zero attached hydrogens (tertiary/aromatic N) is 4. The van der Waals surface area contributed by atoms with Gasteiger partial charge in [0.1, 0.15) is 0 Å². The fraction of sp³-hybridized carbons (Fsp3) is 0.417. The number of aromatic nitrogens is 4. The summed E-state index contributed by atoms with van der Waals surface area (Å²) in [6.07, 6.45) is -4.42. The molecule has 1 unspecified atom stereocenters. The van der Waals surface area contributed by atoms with E-state index in [0.717, 1.165) is 12.1 Å². The van der Waals surface area contributed by atoms with E-state index in [1.807, 2.05) is 13.8 Å². The van der Waals surface area contributed by atoms with E-state index < -0.39 is 11.7 Å². The van der Waals surface area contributed by atoms with Crippen molar-refractivity contribution in [2.45, 2.75) is 26.1 Å². The van der Waals surface area contributed by atoms with Gasteiger partial charge >= 0.3 is 6.18 Å². The number of hydrogen-bond donors (Lipinski definition) is 1. The Balaban J connectivity index is 2.50. The van der Waals surface area contributed by atoms with Crippen LogP contribution in [0.4, 0.5) is 13.2 Å². The molecule has 21 heavy (non-hydrogen) atoms. The first-order valence-electron chi connectivity index (χ1n) is 6.23. The van der Waals surface area contributed by atoms with Gasteiger partial charge in [-0.15, -0.1) is 5.10 Å². The molecule has 1 N–H and O–H groups in total. The molecule has 0 bridgehead atoms. The molecule has 1 atom stereocenters. The summed E-state index contributed by atoms with van der Waals surface area (Å²) in [4.78, 5) is 0. The molecule has 2 aromatic rings. The maximum Gasteiger partial charge on any atom is 0.416 e. The summed E-state index contributed by atoms with van der Waals surface area (Å²) in [7, 11) is 0. The van der Waals surface area contributed by atoms with Gasteiger partial charge in [0.05, 0.1) is 17.3 Å². The van der Waals surface area contributed by atoms with Gasteiger partial charge in [-0.25, -0.2) is 0 Å². The number of rotatable bonds is 4. The molecule has 0 radical (unpaired) electrons. The predicted octanol–water partition coefficient (Wildman–Crippen LogP) is 3.11. The molecular formula is C12H13BrF3N5. The van der Waals surface area contributed by atoms with Crippen LogP contribution < -0.4 is 5.32 Å². The molecule has 0 fully saturated rings. The second kappa shape index (κ2) is 6.10. The highest BCUT2D eigenvalue weighted by atomic mass is 79.9. The Bertz CT molecular complexity index is 626. The predicted molar refractivity (Wildman–Crippen MR) is 73.9 cm³/mol. The summed E-state index contributed by atoms with van der Waals surface area (Å²) in [6.45, 7) is 4.45. The molecule has 0 spiro atoms. The lowest BCUT2D eigenvalue weighted by Crippen LogP contribution is -2.22. The third kappa shape index (κ3) is 3.41. The summed E-state index contributed by atoms with van der Waals surface area (Å²) < 4.78 is 40.3. The highest BCUT2D eigenvalue weighted by Crippen LogP contribution is 2.33. The fourth-order valence-corrected chi connectivity index (χ4v) is 2.30. The van der Waals surface area contributed by atoms with E-state index in [-0.39, 0.29) is 11.7 Å². The lowest BCUT2D eigenvalue weighted by molar-refractivity contribution is -0.137. The molecule has 5 nitrogen and oxygen atoms in total. The number of alkyl halides is 3. The lowest BCUT2D eigenvalue weighted by atomic mass is 10.2. The lowest BCUT2D eigenvalue weighted by Gasteiger charge is -2.14. The Labute approximate surface area is 127 Å². The van der Waals surface area contributed by atoms with Crippen molar-refractivity contribution in [1.82, 2.24) is 25.5 Å². The van der Waals surface area contributed by atoms with Crippen molar-refractivity contribution in [3.05, 3.63) is 34.1 Å². The maximum atomic E-state index is 12.8. The highest BCUT2D eigenvalue weighted by Gasteiger charge is 2.31. The van der Waals surface area contributed by atoms with Crippen LogP contribution in [-0.2, 0) is 6.18 Å². The second-order valence-electron chi connectivity index (χ2n) is 4.39. The molecule has 0 aliphatic heterocycles. The minimum atomic E-state index is -4.42. The average Bonchev–Trinajstić information content (AvgIpc) is 2.87. The van der Waals surface area contributed by atoms with Gasteiger partial charge in [0.25, 0.3) is 0 Å². The summed E-state index contributed by atoms with van der Waals surface area (Å²) in [5.74, 6) is 0.442. The Morgan fingerprint density at radius 3 is 2.71 bits per heavy atom. The molecule has 0 amide bonds. The van der Waals surface area contributed by atoms with Crippen LogP contribution >= 0.6 is 15.9 Å². The molecule has 1 aromatic carbocycles. The van der Waals surface area contributed by atoms with Crippen LogP contribution in [0.3, 0.4) is 0 Å². The summed E-state index contributed by atoms with van der Waals surface area (Å²) in [5, 5.41) is 14.4. The van der Waals surface area contributed by atoms with Crippen LogP contribution in [0.2, 0.25) is 0 Å². The molecule has 0 saturated heterocycles. The van der Waals surface area contributed by atoms with Crippen molar-refractivity contribution in [2.75, 3.05) is 6.54 Å². The number of benzene rings is 1. The van der Waals surface area contributed by atoms with Crippen LogP contribution in [0.5, 0.6) is 0 Å². The molecule has 114 valence electrons. The van der Waals surface area contributed by atoms with E-state index in [1.165, 1.54) is 10.7 Å². The van der Waals surface area contributed by atoms with Crippen LogP contribution in [0.25, 0.3) is 5.69 Å². The van der Waals surface area contributed by atoms with Gasteiger partial charge in [-0.1, -0.05) is 6.92 Å². The standard InChI is InChI=1S/C12H13BrF3N5/c1-3-17-7(2)11-18-19-20-21(11)10-6-8(12(14,15)16)4-5-9(10)13/h4-7,17H,3H2,1-2H3. The Kier molecular flexibility index (Phi) is 4.62. The number of nitrogens with one attached hydrogen (secondary N) is 1. The summed E-state index contributed by atoms with van der Waals surface area (Å²) >= 11 is 3.24. The van der Waals surface area contributed by atoms with E-state index >= 15 is 0 Å². The van der Waals surface area contributed by atoms with Crippen molar-refractivity contribution in [3.8, 4) is 5.69 Å². The first-order chi connectivity index (χ1) is 9.84. The smallest absolute Gasteiger partial charge is 0.308 e. The normalized spacial score (nSPS) is 13.4. The highest BCUT2D eigenvalue weighted by molar-refractivity contribution is 9.10. The Morgan fingerprint density at radius 2 is 2.10 bits per heavy atom.